The molecule has 1 saturated heterocycles. The maximum Gasteiger partial charge on any atom is 0.176 e. The Morgan fingerprint density at radius 3 is 2.22 bits per heavy atom. The SMILES string of the molecule is COC1C(O)C(N)[C@@H](OC2C(O)C(O)[C@H](N)C[C@@H]2N)O[C@@H]1CN. The highest BCUT2D eigenvalue weighted by molar-refractivity contribution is 4.99. The molecule has 136 valence electrons. The van der Waals surface area contributed by atoms with Gasteiger partial charge in [-0.05, 0) is 6.42 Å². The van der Waals surface area contributed by atoms with Crippen molar-refractivity contribution < 1.29 is 29.5 Å². The molecule has 1 saturated carbocycles. The van der Waals surface area contributed by atoms with E-state index >= 15 is 0 Å². The zero-order valence-electron chi connectivity index (χ0n) is 13.1. The lowest BCUT2D eigenvalue weighted by Gasteiger charge is -2.46. The van der Waals surface area contributed by atoms with E-state index in [0.29, 0.717) is 0 Å². The van der Waals surface area contributed by atoms with Gasteiger partial charge in [-0.15, -0.1) is 0 Å². The summed E-state index contributed by atoms with van der Waals surface area (Å²) in [5.74, 6) is 0. The van der Waals surface area contributed by atoms with Gasteiger partial charge in [-0.3, -0.25) is 0 Å². The third-order valence-electron chi connectivity index (χ3n) is 4.61. The zero-order valence-corrected chi connectivity index (χ0v) is 13.1. The van der Waals surface area contributed by atoms with Crippen LogP contribution in [0.15, 0.2) is 0 Å². The van der Waals surface area contributed by atoms with Gasteiger partial charge in [0.2, 0.25) is 0 Å². The number of hydrogen-bond donors (Lipinski definition) is 7. The van der Waals surface area contributed by atoms with E-state index in [0.717, 1.165) is 0 Å². The second kappa shape index (κ2) is 7.66. The molecule has 1 aliphatic carbocycles. The van der Waals surface area contributed by atoms with Gasteiger partial charge in [0, 0.05) is 25.7 Å². The van der Waals surface area contributed by atoms with Gasteiger partial charge in [-0.2, -0.15) is 0 Å². The molecule has 0 radical (unpaired) electrons. The fourth-order valence-corrected chi connectivity index (χ4v) is 3.17. The van der Waals surface area contributed by atoms with Crippen molar-refractivity contribution in [1.82, 2.24) is 0 Å². The average Bonchev–Trinajstić information content (AvgIpc) is 2.53. The maximum absolute atomic E-state index is 10.2. The van der Waals surface area contributed by atoms with Crippen LogP contribution in [-0.4, -0.2) is 90.0 Å². The van der Waals surface area contributed by atoms with Crippen LogP contribution in [0, 0.1) is 0 Å². The van der Waals surface area contributed by atoms with Gasteiger partial charge >= 0.3 is 0 Å². The lowest BCUT2D eigenvalue weighted by molar-refractivity contribution is -0.290. The Bertz CT molecular complexity index is 389. The van der Waals surface area contributed by atoms with E-state index in [2.05, 4.69) is 0 Å². The predicted octanol–water partition coefficient (Wildman–Crippen LogP) is -4.46. The van der Waals surface area contributed by atoms with E-state index < -0.39 is 61.0 Å². The number of ether oxygens (including phenoxy) is 3. The van der Waals surface area contributed by atoms with E-state index in [1.807, 2.05) is 0 Å². The van der Waals surface area contributed by atoms with Crippen LogP contribution in [-0.2, 0) is 14.2 Å². The summed E-state index contributed by atoms with van der Waals surface area (Å²) in [7, 11) is 1.42. The van der Waals surface area contributed by atoms with Crippen molar-refractivity contribution >= 4 is 0 Å². The highest BCUT2D eigenvalue weighted by Gasteiger charge is 2.48. The molecule has 23 heavy (non-hydrogen) atoms. The molecule has 1 heterocycles. The van der Waals surface area contributed by atoms with Crippen molar-refractivity contribution in [2.24, 2.45) is 22.9 Å². The van der Waals surface area contributed by atoms with Gasteiger partial charge in [0.05, 0.1) is 12.1 Å². The van der Waals surface area contributed by atoms with Crippen LogP contribution in [0.2, 0.25) is 0 Å². The summed E-state index contributed by atoms with van der Waals surface area (Å²) in [5, 5.41) is 30.3. The number of rotatable bonds is 4. The quantitative estimate of drug-likeness (QED) is 0.263. The summed E-state index contributed by atoms with van der Waals surface area (Å²) < 4.78 is 16.5. The molecule has 0 aromatic carbocycles. The highest BCUT2D eigenvalue weighted by atomic mass is 16.7. The minimum atomic E-state index is -1.28. The molecule has 6 unspecified atom stereocenters. The second-order valence-corrected chi connectivity index (χ2v) is 6.19. The summed E-state index contributed by atoms with van der Waals surface area (Å²) in [6.07, 6.45) is -6.50. The summed E-state index contributed by atoms with van der Waals surface area (Å²) in [6.45, 7) is 0.0922. The molecular formula is C13H28N4O6. The fourth-order valence-electron chi connectivity index (χ4n) is 3.17. The van der Waals surface area contributed by atoms with Crippen LogP contribution in [0.3, 0.4) is 0 Å². The van der Waals surface area contributed by atoms with Crippen LogP contribution >= 0.6 is 0 Å². The maximum atomic E-state index is 10.2. The molecule has 11 N–H and O–H groups in total. The van der Waals surface area contributed by atoms with Crippen molar-refractivity contribution in [1.29, 1.82) is 0 Å². The van der Waals surface area contributed by atoms with Gasteiger partial charge in [0.1, 0.15) is 30.5 Å². The Kier molecular flexibility index (Phi) is 6.30. The third kappa shape index (κ3) is 3.66. The van der Waals surface area contributed by atoms with E-state index in [1.54, 1.807) is 0 Å². The normalized spacial score (nSPS) is 51.7. The van der Waals surface area contributed by atoms with Crippen molar-refractivity contribution in [3.05, 3.63) is 0 Å². The van der Waals surface area contributed by atoms with Crippen LogP contribution < -0.4 is 22.9 Å². The molecule has 10 nitrogen and oxygen atoms in total. The first-order valence-electron chi connectivity index (χ1n) is 7.66. The van der Waals surface area contributed by atoms with Gasteiger partial charge in [-0.25, -0.2) is 0 Å². The first-order valence-corrected chi connectivity index (χ1v) is 7.66. The molecule has 1 aliphatic heterocycles. The summed E-state index contributed by atoms with van der Waals surface area (Å²) in [6, 6.07) is -2.16. The Morgan fingerprint density at radius 2 is 1.65 bits per heavy atom. The Hall–Kier alpha value is -0.400. The summed E-state index contributed by atoms with van der Waals surface area (Å²) >= 11 is 0. The molecule has 2 rings (SSSR count). The Morgan fingerprint density at radius 1 is 1.00 bits per heavy atom. The smallest absolute Gasteiger partial charge is 0.176 e. The van der Waals surface area contributed by atoms with Crippen LogP contribution in [0.25, 0.3) is 0 Å². The number of aliphatic hydroxyl groups is 3. The number of nitrogens with two attached hydrogens (primary N) is 4. The van der Waals surface area contributed by atoms with Crippen molar-refractivity contribution in [3.63, 3.8) is 0 Å². The van der Waals surface area contributed by atoms with Crippen LogP contribution in [0.4, 0.5) is 0 Å². The van der Waals surface area contributed by atoms with Crippen LogP contribution in [0.5, 0.6) is 0 Å². The molecule has 10 heteroatoms. The zero-order chi connectivity index (χ0) is 17.3. The Balaban J connectivity index is 2.09. The molecular weight excluding hydrogens is 308 g/mol. The summed E-state index contributed by atoms with van der Waals surface area (Å²) in [5.41, 5.74) is 23.2. The first kappa shape index (κ1) is 18.9. The van der Waals surface area contributed by atoms with Gasteiger partial charge in [0.25, 0.3) is 0 Å². The number of hydrogen-bond acceptors (Lipinski definition) is 10. The molecule has 2 aliphatic rings. The standard InChI is InChI=1S/C13H28N4O6/c1-21-12-6(3-14)22-13(7(17)9(12)19)23-11-5(16)2-4(15)8(18)10(11)20/h4-13,18-20H,2-3,14-17H2,1H3/t4-,5+,6-,7?,8?,9?,10?,11?,12?,13-/m1/s1. The molecule has 0 spiro atoms. The average molecular weight is 336 g/mol. The van der Waals surface area contributed by atoms with E-state index in [9.17, 15) is 15.3 Å². The largest absolute Gasteiger partial charge is 0.389 e. The van der Waals surface area contributed by atoms with Crippen LogP contribution in [0.1, 0.15) is 6.42 Å². The lowest BCUT2D eigenvalue weighted by atomic mass is 9.84. The van der Waals surface area contributed by atoms with Gasteiger partial charge in [-0.1, -0.05) is 0 Å². The van der Waals surface area contributed by atoms with E-state index in [1.165, 1.54) is 7.11 Å². The number of methoxy groups -OCH3 is 1. The molecule has 2 fully saturated rings. The van der Waals surface area contributed by atoms with Crippen molar-refractivity contribution in [2.45, 2.75) is 67.5 Å². The number of aliphatic hydroxyl groups excluding tert-OH is 3. The van der Waals surface area contributed by atoms with Gasteiger partial charge < -0.3 is 52.5 Å². The topological polar surface area (TPSA) is 192 Å². The van der Waals surface area contributed by atoms with E-state index in [-0.39, 0.29) is 13.0 Å². The third-order valence-corrected chi connectivity index (χ3v) is 4.61. The Labute approximate surface area is 134 Å². The predicted molar refractivity (Wildman–Crippen MR) is 79.9 cm³/mol. The minimum absolute atomic E-state index is 0.0922. The minimum Gasteiger partial charge on any atom is -0.389 e. The second-order valence-electron chi connectivity index (χ2n) is 6.19. The fraction of sp³-hybridized carbons (Fsp3) is 1.00. The lowest BCUT2D eigenvalue weighted by Crippen LogP contribution is -2.67. The monoisotopic (exact) mass is 336 g/mol. The highest BCUT2D eigenvalue weighted by Crippen LogP contribution is 2.27. The van der Waals surface area contributed by atoms with Gasteiger partial charge in [0.15, 0.2) is 6.29 Å². The molecule has 0 aromatic heterocycles. The molecule has 0 aromatic rings. The van der Waals surface area contributed by atoms with Crippen molar-refractivity contribution in [2.75, 3.05) is 13.7 Å². The van der Waals surface area contributed by atoms with E-state index in [4.69, 9.17) is 37.1 Å². The van der Waals surface area contributed by atoms with Crippen molar-refractivity contribution in [3.8, 4) is 0 Å². The first-order chi connectivity index (χ1) is 10.8. The molecule has 0 amide bonds. The molecule has 0 bridgehead atoms. The summed E-state index contributed by atoms with van der Waals surface area (Å²) in [4.78, 5) is 0. The molecule has 10 atom stereocenters.